The summed E-state index contributed by atoms with van der Waals surface area (Å²) in [5, 5.41) is 12.7. The molecule has 15 heteroatoms. The summed E-state index contributed by atoms with van der Waals surface area (Å²) in [6.45, 7) is 7.44. The summed E-state index contributed by atoms with van der Waals surface area (Å²) < 4.78 is 18.0. The van der Waals surface area contributed by atoms with Crippen molar-refractivity contribution < 1.29 is 19.1 Å². The molecule has 1 fully saturated rings. The lowest BCUT2D eigenvalue weighted by Gasteiger charge is -2.40. The number of piperazine rings is 1. The maximum atomic E-state index is 14.9. The Morgan fingerprint density at radius 3 is 2.67 bits per heavy atom. The van der Waals surface area contributed by atoms with Crippen molar-refractivity contribution in [3.8, 4) is 16.9 Å². The molecule has 3 aromatic heterocycles. The van der Waals surface area contributed by atoms with Crippen LogP contribution < -0.4 is 21.5 Å². The molecule has 2 aliphatic rings. The standard InChI is InChI=1S/C30H31Cl2FN8O4/c1-3-38-7-8-40(15(2)12-38)22-11-20(25(32)27(33)36-22)35-23(42)14-39-13-18(16-9-17(28(34)44)26(43)19(31)10-16)24-29(39)37-21-5-4-6-41(21)30(24)45/h9-11,13,15,43H,3-8,12,14H2,1-2H3,(H2,34,44)(H,35,36,42)/t15-/m0/s1. The highest BCUT2D eigenvalue weighted by Gasteiger charge is 2.27. The molecule has 0 aliphatic carbocycles. The average molecular weight is 658 g/mol. The van der Waals surface area contributed by atoms with Gasteiger partial charge in [0.25, 0.3) is 11.5 Å². The van der Waals surface area contributed by atoms with Gasteiger partial charge in [-0.1, -0.05) is 30.1 Å². The fourth-order valence-electron chi connectivity index (χ4n) is 6.14. The zero-order chi connectivity index (χ0) is 32.2. The molecule has 0 radical (unpaired) electrons. The monoisotopic (exact) mass is 656 g/mol. The molecular formula is C30H31Cl2FN8O4. The number of carbonyl (C=O) groups is 2. The van der Waals surface area contributed by atoms with Gasteiger partial charge in [-0.05, 0) is 37.6 Å². The van der Waals surface area contributed by atoms with Gasteiger partial charge in [0, 0.05) is 56.5 Å². The van der Waals surface area contributed by atoms with Crippen LogP contribution in [0, 0.1) is 5.95 Å². The maximum absolute atomic E-state index is 14.9. The molecule has 0 saturated carbocycles. The zero-order valence-corrected chi connectivity index (χ0v) is 26.1. The molecule has 1 aromatic carbocycles. The van der Waals surface area contributed by atoms with Gasteiger partial charge in [0.05, 0.1) is 21.7 Å². The van der Waals surface area contributed by atoms with Crippen LogP contribution in [0.2, 0.25) is 10.0 Å². The minimum absolute atomic E-state index is 0.0652. The number of carbonyl (C=O) groups excluding carboxylic acids is 2. The lowest BCUT2D eigenvalue weighted by molar-refractivity contribution is -0.116. The summed E-state index contributed by atoms with van der Waals surface area (Å²) in [6, 6.07) is 4.36. The number of nitrogens with zero attached hydrogens (tertiary/aromatic N) is 6. The predicted octanol–water partition coefficient (Wildman–Crippen LogP) is 3.63. The van der Waals surface area contributed by atoms with Gasteiger partial charge in [0.1, 0.15) is 34.6 Å². The number of anilines is 2. The highest BCUT2D eigenvalue weighted by Crippen LogP contribution is 2.37. The zero-order valence-electron chi connectivity index (χ0n) is 24.6. The minimum Gasteiger partial charge on any atom is -0.506 e. The Bertz CT molecular complexity index is 1930. The number of likely N-dealkylation sites (N-methyl/N-ethyl adjacent to an activating group) is 1. The Balaban J connectivity index is 1.37. The van der Waals surface area contributed by atoms with E-state index in [4.69, 9.17) is 33.9 Å². The SMILES string of the molecule is CCN1CCN(c2cc(NC(=O)Cn3cc(-c4cc(Cl)c(O)c(C(N)=O)c4)c4c(=O)n5c(nc43)CCC5)c(Cl)c(F)n2)[C@@H](C)C1. The topological polar surface area (TPSA) is 152 Å². The molecule has 0 spiro atoms. The number of fused-ring (bicyclic) bond motifs is 2. The molecule has 4 N–H and O–H groups in total. The van der Waals surface area contributed by atoms with Crippen molar-refractivity contribution in [2.75, 3.05) is 36.4 Å². The minimum atomic E-state index is -0.905. The summed E-state index contributed by atoms with van der Waals surface area (Å²) in [5.74, 6) is -1.88. The van der Waals surface area contributed by atoms with Crippen LogP contribution in [0.1, 0.15) is 36.5 Å². The van der Waals surface area contributed by atoms with E-state index in [9.17, 15) is 23.9 Å². The second-order valence-corrected chi connectivity index (χ2v) is 12.1. The first-order chi connectivity index (χ1) is 21.5. The number of aryl methyl sites for hydroxylation is 1. The average Bonchev–Trinajstić information content (AvgIpc) is 3.62. The second-order valence-electron chi connectivity index (χ2n) is 11.3. The van der Waals surface area contributed by atoms with E-state index in [1.165, 1.54) is 16.7 Å². The van der Waals surface area contributed by atoms with E-state index in [0.29, 0.717) is 42.3 Å². The number of primary amides is 1. The number of hydrogen-bond donors (Lipinski definition) is 3. The fraction of sp³-hybridized carbons (Fsp3) is 0.367. The lowest BCUT2D eigenvalue weighted by Crippen LogP contribution is -2.52. The van der Waals surface area contributed by atoms with Gasteiger partial charge < -0.3 is 25.6 Å². The lowest BCUT2D eigenvalue weighted by atomic mass is 10.0. The number of benzene rings is 1. The van der Waals surface area contributed by atoms with Crippen molar-refractivity contribution in [2.45, 2.75) is 45.8 Å². The molecule has 5 heterocycles. The molecule has 1 saturated heterocycles. The van der Waals surface area contributed by atoms with Gasteiger partial charge >= 0.3 is 0 Å². The second kappa shape index (κ2) is 12.0. The Hall–Kier alpha value is -4.20. The van der Waals surface area contributed by atoms with E-state index < -0.39 is 23.5 Å². The Morgan fingerprint density at radius 1 is 1.18 bits per heavy atom. The van der Waals surface area contributed by atoms with Gasteiger partial charge in [-0.15, -0.1) is 0 Å². The number of rotatable bonds is 7. The molecule has 1 atom stereocenters. The molecule has 2 amide bonds. The molecule has 236 valence electrons. The maximum Gasteiger partial charge on any atom is 0.263 e. The molecule has 4 aromatic rings. The van der Waals surface area contributed by atoms with Crippen molar-refractivity contribution in [1.82, 2.24) is 24.0 Å². The van der Waals surface area contributed by atoms with Crippen LogP contribution >= 0.6 is 23.2 Å². The van der Waals surface area contributed by atoms with Crippen molar-refractivity contribution in [3.63, 3.8) is 0 Å². The Labute approximate surface area is 267 Å². The molecule has 45 heavy (non-hydrogen) atoms. The number of pyridine rings is 1. The third kappa shape index (κ3) is 5.60. The van der Waals surface area contributed by atoms with Crippen LogP contribution in [0.15, 0.2) is 29.2 Å². The number of nitrogens with one attached hydrogen (secondary N) is 1. The first-order valence-corrected chi connectivity index (χ1v) is 15.3. The number of nitrogens with two attached hydrogens (primary N) is 1. The summed E-state index contributed by atoms with van der Waals surface area (Å²) in [4.78, 5) is 52.2. The normalized spacial score (nSPS) is 16.7. The van der Waals surface area contributed by atoms with Gasteiger partial charge in [0.2, 0.25) is 11.9 Å². The van der Waals surface area contributed by atoms with E-state index >= 15 is 0 Å². The van der Waals surface area contributed by atoms with Crippen LogP contribution in [0.4, 0.5) is 15.9 Å². The van der Waals surface area contributed by atoms with E-state index in [2.05, 4.69) is 22.1 Å². The number of aromatic hydroxyl groups is 1. The summed E-state index contributed by atoms with van der Waals surface area (Å²) in [6.07, 6.45) is 2.88. The van der Waals surface area contributed by atoms with Crippen LogP contribution in [-0.4, -0.2) is 73.1 Å². The molecule has 2 aliphatic heterocycles. The van der Waals surface area contributed by atoms with E-state index in [-0.39, 0.29) is 50.5 Å². The van der Waals surface area contributed by atoms with Gasteiger partial charge in [-0.2, -0.15) is 4.39 Å². The Morgan fingerprint density at radius 2 is 1.96 bits per heavy atom. The summed E-state index contributed by atoms with van der Waals surface area (Å²) in [5.41, 5.74) is 5.91. The molecular weight excluding hydrogens is 626 g/mol. The third-order valence-corrected chi connectivity index (χ3v) is 9.07. The molecule has 0 unspecified atom stereocenters. The largest absolute Gasteiger partial charge is 0.506 e. The van der Waals surface area contributed by atoms with Crippen LogP contribution in [0.25, 0.3) is 22.2 Å². The quantitative estimate of drug-likeness (QED) is 0.255. The van der Waals surface area contributed by atoms with Crippen LogP contribution in [-0.2, 0) is 24.3 Å². The van der Waals surface area contributed by atoms with Crippen molar-refractivity contribution >= 4 is 57.6 Å². The van der Waals surface area contributed by atoms with Crippen LogP contribution in [0.5, 0.6) is 5.75 Å². The van der Waals surface area contributed by atoms with Gasteiger partial charge in [-0.3, -0.25) is 23.9 Å². The molecule has 12 nitrogen and oxygen atoms in total. The van der Waals surface area contributed by atoms with Crippen LogP contribution in [0.3, 0.4) is 0 Å². The van der Waals surface area contributed by atoms with Crippen molar-refractivity contribution in [3.05, 3.63) is 62.1 Å². The Kier molecular flexibility index (Phi) is 8.18. The first kappa shape index (κ1) is 30.8. The van der Waals surface area contributed by atoms with E-state index in [1.807, 2.05) is 11.8 Å². The number of halogens is 3. The fourth-order valence-corrected chi connectivity index (χ4v) is 6.50. The van der Waals surface area contributed by atoms with E-state index in [0.717, 1.165) is 26.1 Å². The molecule has 6 rings (SSSR count). The van der Waals surface area contributed by atoms with Crippen molar-refractivity contribution in [2.24, 2.45) is 5.73 Å². The number of phenols is 1. The predicted molar refractivity (Wildman–Crippen MR) is 170 cm³/mol. The summed E-state index contributed by atoms with van der Waals surface area (Å²) >= 11 is 12.5. The van der Waals surface area contributed by atoms with Gasteiger partial charge in [0.15, 0.2) is 0 Å². The van der Waals surface area contributed by atoms with Crippen molar-refractivity contribution in [1.29, 1.82) is 0 Å². The smallest absolute Gasteiger partial charge is 0.263 e. The number of hydrogen-bond acceptors (Lipinski definition) is 8. The number of amides is 2. The summed E-state index contributed by atoms with van der Waals surface area (Å²) in [7, 11) is 0. The highest BCUT2D eigenvalue weighted by atomic mass is 35.5. The molecule has 0 bridgehead atoms. The number of aromatic nitrogens is 4. The third-order valence-electron chi connectivity index (χ3n) is 8.42. The van der Waals surface area contributed by atoms with E-state index in [1.54, 1.807) is 16.8 Å². The highest BCUT2D eigenvalue weighted by molar-refractivity contribution is 6.34. The first-order valence-electron chi connectivity index (χ1n) is 14.6. The van der Waals surface area contributed by atoms with Gasteiger partial charge in [-0.25, -0.2) is 9.97 Å².